The number of benzene rings is 1. The molecule has 0 saturated carbocycles. The van der Waals surface area contributed by atoms with Crippen molar-refractivity contribution in [1.82, 2.24) is 23.5 Å². The number of nitrogens with zero attached hydrogens (tertiary/aromatic N) is 6. The highest BCUT2D eigenvalue weighted by Gasteiger charge is 2.28. The van der Waals surface area contributed by atoms with Gasteiger partial charge < -0.3 is 14.4 Å². The van der Waals surface area contributed by atoms with Crippen LogP contribution < -0.4 is 20.9 Å². The molecule has 0 amide bonds. The van der Waals surface area contributed by atoms with Crippen LogP contribution in [0.5, 0.6) is 5.88 Å². The third-order valence-electron chi connectivity index (χ3n) is 6.73. The standard InChI is InChI=1S/C26H20ClF3N6O4/c1-39-15-4-5-33(12-15)20-10-18-22(24(32-20)40-2)25(37)36(21-11-31-19-7-13(28)3-6-34(19)21)26(38)35(18)14-8-16(27)23(30)17(29)9-14/h3,6-11,15H,4-5,12H2,1-2H3/t15-/m1/s1/i1D3. The van der Waals surface area contributed by atoms with Gasteiger partial charge in [-0.25, -0.2) is 27.5 Å². The van der Waals surface area contributed by atoms with Gasteiger partial charge in [-0.3, -0.25) is 13.8 Å². The lowest BCUT2D eigenvalue weighted by atomic mass is 10.2. The second-order valence-corrected chi connectivity index (χ2v) is 9.44. The highest BCUT2D eigenvalue weighted by molar-refractivity contribution is 6.30. The number of rotatable bonds is 5. The van der Waals surface area contributed by atoms with E-state index in [1.165, 1.54) is 30.0 Å². The van der Waals surface area contributed by atoms with Crippen LogP contribution in [0.3, 0.4) is 0 Å². The van der Waals surface area contributed by atoms with E-state index in [-0.39, 0.29) is 46.3 Å². The molecule has 5 heterocycles. The van der Waals surface area contributed by atoms with Crippen molar-refractivity contribution in [3.8, 4) is 17.4 Å². The summed E-state index contributed by atoms with van der Waals surface area (Å²) in [7, 11) is -1.36. The first-order chi connectivity index (χ1) is 20.4. The van der Waals surface area contributed by atoms with Gasteiger partial charge in [-0.2, -0.15) is 4.98 Å². The predicted molar refractivity (Wildman–Crippen MR) is 141 cm³/mol. The third kappa shape index (κ3) is 4.00. The molecule has 1 aliphatic heterocycles. The summed E-state index contributed by atoms with van der Waals surface area (Å²) < 4.78 is 78.3. The van der Waals surface area contributed by atoms with Crippen LogP contribution in [0.1, 0.15) is 10.5 Å². The Labute approximate surface area is 232 Å². The molecule has 40 heavy (non-hydrogen) atoms. The first-order valence-electron chi connectivity index (χ1n) is 13.3. The summed E-state index contributed by atoms with van der Waals surface area (Å²) in [5.74, 6) is -3.38. The number of pyridine rings is 2. The molecule has 0 bridgehead atoms. The minimum absolute atomic E-state index is 0.0790. The van der Waals surface area contributed by atoms with Crippen LogP contribution in [0.15, 0.2) is 52.3 Å². The van der Waals surface area contributed by atoms with Crippen molar-refractivity contribution in [3.05, 3.63) is 86.0 Å². The fourth-order valence-electron chi connectivity index (χ4n) is 4.85. The number of anilines is 1. The average Bonchev–Trinajstić information content (AvgIpc) is 3.57. The topological polar surface area (TPSA) is 95.9 Å². The van der Waals surface area contributed by atoms with E-state index in [1.807, 2.05) is 0 Å². The Hall–Kier alpha value is -4.36. The number of halogens is 4. The Morgan fingerprint density at radius 2 is 1.98 bits per heavy atom. The van der Waals surface area contributed by atoms with Crippen molar-refractivity contribution < 1.29 is 26.8 Å². The number of aromatic nitrogens is 5. The maximum atomic E-state index is 14.6. The molecule has 0 unspecified atom stereocenters. The quantitative estimate of drug-likeness (QED) is 0.296. The molecule has 1 atom stereocenters. The molecule has 0 N–H and O–H groups in total. The number of hydrogen-bond donors (Lipinski definition) is 0. The van der Waals surface area contributed by atoms with Gasteiger partial charge in [0.1, 0.15) is 28.5 Å². The molecule has 0 aliphatic carbocycles. The zero-order valence-corrected chi connectivity index (χ0v) is 21.3. The van der Waals surface area contributed by atoms with Crippen LogP contribution in [0, 0.1) is 17.5 Å². The van der Waals surface area contributed by atoms with Gasteiger partial charge in [0.05, 0.1) is 39.7 Å². The largest absolute Gasteiger partial charge is 0.480 e. The average molecular weight is 576 g/mol. The van der Waals surface area contributed by atoms with Crippen LogP contribution in [0.4, 0.5) is 19.0 Å². The van der Waals surface area contributed by atoms with Crippen LogP contribution in [0.25, 0.3) is 28.1 Å². The summed E-state index contributed by atoms with van der Waals surface area (Å²) >= 11 is 5.94. The molecular weight excluding hydrogens is 553 g/mol. The van der Waals surface area contributed by atoms with Gasteiger partial charge >= 0.3 is 5.69 Å². The van der Waals surface area contributed by atoms with Crippen molar-refractivity contribution in [2.45, 2.75) is 12.5 Å². The van der Waals surface area contributed by atoms with Crippen LogP contribution >= 0.6 is 11.6 Å². The van der Waals surface area contributed by atoms with E-state index in [1.54, 1.807) is 4.90 Å². The van der Waals surface area contributed by atoms with Gasteiger partial charge in [0.25, 0.3) is 5.56 Å². The zero-order valence-electron chi connectivity index (χ0n) is 23.6. The molecule has 1 aromatic carbocycles. The Bertz CT molecular complexity index is 2020. The van der Waals surface area contributed by atoms with Crippen molar-refractivity contribution >= 4 is 34.0 Å². The van der Waals surface area contributed by atoms with E-state index in [2.05, 4.69) is 9.97 Å². The van der Waals surface area contributed by atoms with E-state index >= 15 is 0 Å². The second kappa shape index (κ2) is 9.68. The monoisotopic (exact) mass is 575 g/mol. The predicted octanol–water partition coefficient (Wildman–Crippen LogP) is 3.49. The molecule has 0 radical (unpaired) electrons. The molecule has 10 nitrogen and oxygen atoms in total. The normalized spacial score (nSPS) is 16.9. The Morgan fingerprint density at radius 3 is 2.73 bits per heavy atom. The summed E-state index contributed by atoms with van der Waals surface area (Å²) in [4.78, 5) is 38.4. The van der Waals surface area contributed by atoms with Crippen molar-refractivity contribution in [3.63, 3.8) is 0 Å². The summed E-state index contributed by atoms with van der Waals surface area (Å²) in [6.45, 7) is 0.440. The fourth-order valence-corrected chi connectivity index (χ4v) is 5.05. The van der Waals surface area contributed by atoms with Crippen LogP contribution in [-0.4, -0.2) is 56.8 Å². The van der Waals surface area contributed by atoms with Gasteiger partial charge in [-0.15, -0.1) is 0 Å². The minimum atomic E-state index is -2.61. The summed E-state index contributed by atoms with van der Waals surface area (Å²) in [6.07, 6.45) is 2.14. The summed E-state index contributed by atoms with van der Waals surface area (Å²) in [5.41, 5.74) is -2.13. The Balaban J connectivity index is 1.65. The molecule has 206 valence electrons. The van der Waals surface area contributed by atoms with Crippen molar-refractivity contribution in [2.75, 3.05) is 32.1 Å². The van der Waals surface area contributed by atoms with Gasteiger partial charge in [0.15, 0.2) is 11.6 Å². The number of ether oxygens (including phenoxy) is 2. The van der Waals surface area contributed by atoms with Crippen LogP contribution in [0.2, 0.25) is 5.02 Å². The molecule has 1 saturated heterocycles. The number of fused-ring (bicyclic) bond motifs is 2. The molecule has 4 aromatic heterocycles. The highest BCUT2D eigenvalue weighted by Crippen LogP contribution is 2.30. The second-order valence-electron chi connectivity index (χ2n) is 9.03. The highest BCUT2D eigenvalue weighted by atomic mass is 35.5. The molecular formula is C26H20ClF3N6O4. The first-order valence-corrected chi connectivity index (χ1v) is 12.2. The maximum Gasteiger partial charge on any atom is 0.342 e. The van der Waals surface area contributed by atoms with E-state index in [0.717, 1.165) is 33.4 Å². The molecule has 0 spiro atoms. The maximum absolute atomic E-state index is 14.6. The summed E-state index contributed by atoms with van der Waals surface area (Å²) in [5, 5.41) is -0.832. The zero-order chi connectivity index (χ0) is 30.8. The Kier molecular flexibility index (Phi) is 5.43. The smallest absolute Gasteiger partial charge is 0.342 e. The minimum Gasteiger partial charge on any atom is -0.480 e. The van der Waals surface area contributed by atoms with Crippen molar-refractivity contribution in [2.24, 2.45) is 0 Å². The lowest BCUT2D eigenvalue weighted by molar-refractivity contribution is 0.121. The van der Waals surface area contributed by atoms with Gasteiger partial charge in [0, 0.05) is 44.5 Å². The van der Waals surface area contributed by atoms with E-state index < -0.39 is 46.9 Å². The summed E-state index contributed by atoms with van der Waals surface area (Å²) in [6, 6.07) is 5.33. The molecule has 6 rings (SSSR count). The van der Waals surface area contributed by atoms with E-state index in [0.29, 0.717) is 13.0 Å². The van der Waals surface area contributed by atoms with E-state index in [4.69, 9.17) is 25.2 Å². The fraction of sp³-hybridized carbons (Fsp3) is 0.231. The molecule has 1 aliphatic rings. The van der Waals surface area contributed by atoms with Gasteiger partial charge in [-0.1, -0.05) is 11.6 Å². The number of imidazole rings is 1. The third-order valence-corrected chi connectivity index (χ3v) is 7.01. The molecule has 5 aromatic rings. The molecule has 14 heteroatoms. The number of hydrogen-bond acceptors (Lipinski definition) is 7. The lowest BCUT2D eigenvalue weighted by Crippen LogP contribution is -2.39. The van der Waals surface area contributed by atoms with Crippen LogP contribution in [-0.2, 0) is 4.74 Å². The number of methoxy groups -OCH3 is 2. The van der Waals surface area contributed by atoms with Gasteiger partial charge in [-0.05, 0) is 18.6 Å². The van der Waals surface area contributed by atoms with E-state index in [9.17, 15) is 22.8 Å². The first kappa shape index (κ1) is 22.5. The SMILES string of the molecule is [2H]C([2H])([2H])O[C@@H]1CCN(c2cc3c(c(OC)n2)c(=O)n(-c2cnc4cc(F)ccn24)c(=O)n3-c2cc(F)c(F)c(Cl)c2)C1. The molecule has 1 fully saturated rings. The Morgan fingerprint density at radius 1 is 1.15 bits per heavy atom. The van der Waals surface area contributed by atoms with Gasteiger partial charge in [0.2, 0.25) is 5.88 Å². The van der Waals surface area contributed by atoms with Crippen molar-refractivity contribution in [1.29, 1.82) is 0 Å². The lowest BCUT2D eigenvalue weighted by Gasteiger charge is -2.21.